The highest BCUT2D eigenvalue weighted by Crippen LogP contribution is 2.36. The van der Waals surface area contributed by atoms with Gasteiger partial charge in [-0.05, 0) is 25.5 Å². The van der Waals surface area contributed by atoms with E-state index in [9.17, 15) is 4.79 Å². The average molecular weight is 389 g/mol. The number of thiophene rings is 1. The van der Waals surface area contributed by atoms with E-state index in [-0.39, 0.29) is 5.91 Å². The van der Waals surface area contributed by atoms with Crippen LogP contribution >= 0.6 is 22.9 Å². The molecule has 0 bridgehead atoms. The van der Waals surface area contributed by atoms with E-state index in [2.05, 4.69) is 20.8 Å². The normalized spacial score (nSPS) is 10.5. The zero-order valence-corrected chi connectivity index (χ0v) is 16.0. The van der Waals surface area contributed by atoms with Crippen LogP contribution < -0.4 is 15.6 Å². The molecule has 26 heavy (non-hydrogen) atoms. The molecule has 0 atom stereocenters. The number of carbonyl (C=O) groups is 1. The number of benzene rings is 1. The van der Waals surface area contributed by atoms with Crippen LogP contribution in [0, 0.1) is 13.8 Å². The number of carbonyl (C=O) groups excluding carboxylic acids is 1. The first-order valence-corrected chi connectivity index (χ1v) is 8.99. The summed E-state index contributed by atoms with van der Waals surface area (Å²) in [5.41, 5.74) is 7.13. The number of aromatic nitrogens is 2. The summed E-state index contributed by atoms with van der Waals surface area (Å²) in [6.07, 6.45) is 0. The first-order valence-electron chi connectivity index (χ1n) is 7.80. The van der Waals surface area contributed by atoms with Crippen molar-refractivity contribution in [2.45, 2.75) is 13.8 Å². The number of halogens is 1. The van der Waals surface area contributed by atoms with Gasteiger partial charge in [0.1, 0.15) is 21.6 Å². The molecule has 134 valence electrons. The third-order valence-corrected chi connectivity index (χ3v) is 5.21. The fraction of sp³-hybridized carbons (Fsp3) is 0.167. The molecule has 2 N–H and O–H groups in total. The summed E-state index contributed by atoms with van der Waals surface area (Å²) in [6, 6.07) is 11.7. The van der Waals surface area contributed by atoms with Gasteiger partial charge in [-0.1, -0.05) is 41.9 Å². The lowest BCUT2D eigenvalue weighted by atomic mass is 10.2. The Kier molecular flexibility index (Phi) is 5.39. The van der Waals surface area contributed by atoms with Crippen LogP contribution in [-0.4, -0.2) is 23.0 Å². The maximum atomic E-state index is 12.6. The molecule has 0 aliphatic heterocycles. The van der Waals surface area contributed by atoms with Crippen molar-refractivity contribution in [2.24, 2.45) is 0 Å². The van der Waals surface area contributed by atoms with Crippen molar-refractivity contribution >= 4 is 34.7 Å². The van der Waals surface area contributed by atoms with Crippen LogP contribution in [0.25, 0.3) is 10.4 Å². The second-order valence-electron chi connectivity index (χ2n) is 5.49. The van der Waals surface area contributed by atoms with Crippen LogP contribution in [0.1, 0.15) is 21.1 Å². The van der Waals surface area contributed by atoms with Gasteiger partial charge in [-0.3, -0.25) is 15.6 Å². The van der Waals surface area contributed by atoms with Crippen molar-refractivity contribution in [1.29, 1.82) is 0 Å². The van der Waals surface area contributed by atoms with Crippen molar-refractivity contribution in [3.63, 3.8) is 0 Å². The van der Waals surface area contributed by atoms with Crippen LogP contribution in [0.4, 0.5) is 5.82 Å². The van der Waals surface area contributed by atoms with E-state index in [0.717, 1.165) is 10.4 Å². The largest absolute Gasteiger partial charge is 0.495 e. The monoisotopic (exact) mass is 388 g/mol. The Hall–Kier alpha value is -2.64. The molecular formula is C18H17ClN4O2S. The Morgan fingerprint density at radius 2 is 1.92 bits per heavy atom. The highest BCUT2D eigenvalue weighted by atomic mass is 35.5. The van der Waals surface area contributed by atoms with Gasteiger partial charge >= 0.3 is 0 Å². The SMILES string of the molecule is COc1cc(-c2ccccc2)sc1C(=O)NNc1nc(C)nc(Cl)c1C. The van der Waals surface area contributed by atoms with Gasteiger partial charge in [0.05, 0.1) is 7.11 Å². The molecular weight excluding hydrogens is 372 g/mol. The number of amides is 1. The van der Waals surface area contributed by atoms with Crippen molar-refractivity contribution in [3.05, 3.63) is 57.8 Å². The number of hydrogen-bond donors (Lipinski definition) is 2. The molecule has 0 saturated carbocycles. The van der Waals surface area contributed by atoms with Crippen LogP contribution in [-0.2, 0) is 0 Å². The highest BCUT2D eigenvalue weighted by Gasteiger charge is 2.18. The maximum absolute atomic E-state index is 12.6. The molecule has 8 heteroatoms. The molecule has 2 heterocycles. The topological polar surface area (TPSA) is 76.1 Å². The Morgan fingerprint density at radius 3 is 2.62 bits per heavy atom. The zero-order chi connectivity index (χ0) is 18.7. The number of anilines is 1. The molecule has 0 aliphatic rings. The first-order chi connectivity index (χ1) is 12.5. The number of methoxy groups -OCH3 is 1. The van der Waals surface area contributed by atoms with Crippen molar-refractivity contribution in [2.75, 3.05) is 12.5 Å². The summed E-state index contributed by atoms with van der Waals surface area (Å²) in [7, 11) is 1.54. The number of nitrogens with one attached hydrogen (secondary N) is 2. The number of hydrogen-bond acceptors (Lipinski definition) is 6. The van der Waals surface area contributed by atoms with Crippen LogP contribution in [0.3, 0.4) is 0 Å². The number of hydrazine groups is 1. The second-order valence-corrected chi connectivity index (χ2v) is 6.90. The van der Waals surface area contributed by atoms with E-state index >= 15 is 0 Å². The Labute approximate surface area is 160 Å². The first kappa shape index (κ1) is 18.2. The quantitative estimate of drug-likeness (QED) is 0.505. The fourth-order valence-electron chi connectivity index (χ4n) is 2.32. The van der Waals surface area contributed by atoms with Gasteiger partial charge in [-0.25, -0.2) is 9.97 Å². The van der Waals surface area contributed by atoms with Crippen molar-refractivity contribution < 1.29 is 9.53 Å². The summed E-state index contributed by atoms with van der Waals surface area (Å²) in [5.74, 6) is 1.16. The fourth-order valence-corrected chi connectivity index (χ4v) is 3.56. The van der Waals surface area contributed by atoms with Crippen molar-refractivity contribution in [3.8, 4) is 16.2 Å². The lowest BCUT2D eigenvalue weighted by Crippen LogP contribution is -2.30. The van der Waals surface area contributed by atoms with Crippen LogP contribution in [0.2, 0.25) is 5.15 Å². The Balaban J connectivity index is 1.81. The summed E-state index contributed by atoms with van der Waals surface area (Å²) in [6.45, 7) is 3.50. The van der Waals surface area contributed by atoms with E-state index in [1.807, 2.05) is 36.4 Å². The molecule has 2 aromatic heterocycles. The van der Waals surface area contributed by atoms with Crippen LogP contribution in [0.5, 0.6) is 5.75 Å². The second kappa shape index (κ2) is 7.72. The van der Waals surface area contributed by atoms with Gasteiger partial charge in [0.2, 0.25) is 0 Å². The molecule has 3 aromatic rings. The molecule has 0 saturated heterocycles. The van der Waals surface area contributed by atoms with E-state index in [1.165, 1.54) is 11.3 Å². The number of nitrogens with zero attached hydrogens (tertiary/aromatic N) is 2. The predicted octanol–water partition coefficient (Wildman–Crippen LogP) is 4.24. The Bertz CT molecular complexity index is 944. The summed E-state index contributed by atoms with van der Waals surface area (Å²) >= 11 is 7.40. The van der Waals surface area contributed by atoms with Gasteiger partial charge in [-0.2, -0.15) is 0 Å². The average Bonchev–Trinajstić information content (AvgIpc) is 3.08. The minimum Gasteiger partial charge on any atom is -0.495 e. The van der Waals surface area contributed by atoms with Gasteiger partial charge in [-0.15, -0.1) is 11.3 Å². The lowest BCUT2D eigenvalue weighted by molar-refractivity contribution is 0.0964. The molecule has 6 nitrogen and oxygen atoms in total. The number of ether oxygens (including phenoxy) is 1. The molecule has 3 rings (SSSR count). The number of aryl methyl sites for hydroxylation is 1. The minimum atomic E-state index is -0.319. The predicted molar refractivity (Wildman–Crippen MR) is 104 cm³/mol. The number of rotatable bonds is 5. The maximum Gasteiger partial charge on any atom is 0.283 e. The van der Waals surface area contributed by atoms with Crippen LogP contribution in [0.15, 0.2) is 36.4 Å². The van der Waals surface area contributed by atoms with E-state index in [0.29, 0.717) is 33.0 Å². The van der Waals surface area contributed by atoms with Gasteiger partial charge < -0.3 is 4.74 Å². The molecule has 0 aliphatic carbocycles. The zero-order valence-electron chi connectivity index (χ0n) is 14.5. The standard InChI is InChI=1S/C18H17ClN4O2S/c1-10-16(19)20-11(2)21-17(10)22-23-18(24)15-13(25-3)9-14(26-15)12-7-5-4-6-8-12/h4-9H,1-3H3,(H,23,24)(H,20,21,22). The summed E-state index contributed by atoms with van der Waals surface area (Å²) in [4.78, 5) is 22.3. The molecule has 0 radical (unpaired) electrons. The lowest BCUT2D eigenvalue weighted by Gasteiger charge is -2.11. The van der Waals surface area contributed by atoms with E-state index < -0.39 is 0 Å². The molecule has 1 amide bonds. The summed E-state index contributed by atoms with van der Waals surface area (Å²) < 4.78 is 5.36. The third kappa shape index (κ3) is 3.79. The molecule has 0 unspecified atom stereocenters. The van der Waals surface area contributed by atoms with Crippen molar-refractivity contribution in [1.82, 2.24) is 15.4 Å². The molecule has 0 spiro atoms. The molecule has 0 fully saturated rings. The van der Waals surface area contributed by atoms with E-state index in [4.69, 9.17) is 16.3 Å². The minimum absolute atomic E-state index is 0.319. The summed E-state index contributed by atoms with van der Waals surface area (Å²) in [5, 5.41) is 0.342. The Morgan fingerprint density at radius 1 is 1.19 bits per heavy atom. The van der Waals surface area contributed by atoms with Gasteiger partial charge in [0.15, 0.2) is 5.82 Å². The van der Waals surface area contributed by atoms with Gasteiger partial charge in [0.25, 0.3) is 5.91 Å². The third-order valence-electron chi connectivity index (χ3n) is 3.68. The van der Waals surface area contributed by atoms with Gasteiger partial charge in [0, 0.05) is 10.4 Å². The molecule has 1 aromatic carbocycles. The highest BCUT2D eigenvalue weighted by molar-refractivity contribution is 7.17. The smallest absolute Gasteiger partial charge is 0.283 e. The van der Waals surface area contributed by atoms with E-state index in [1.54, 1.807) is 21.0 Å².